The third-order valence-corrected chi connectivity index (χ3v) is 3.95. The van der Waals surface area contributed by atoms with E-state index in [9.17, 15) is 5.11 Å². The number of benzene rings is 1. The van der Waals surface area contributed by atoms with Crippen LogP contribution in [0.25, 0.3) is 0 Å². The Hall–Kier alpha value is -0.340. The molecule has 1 aromatic rings. The van der Waals surface area contributed by atoms with E-state index in [1.54, 1.807) is 0 Å². The third-order valence-electron chi connectivity index (χ3n) is 3.18. The van der Waals surface area contributed by atoms with Gasteiger partial charge in [0.15, 0.2) is 0 Å². The van der Waals surface area contributed by atoms with Crippen molar-refractivity contribution in [2.24, 2.45) is 5.92 Å². The minimum Gasteiger partial charge on any atom is -0.390 e. The second kappa shape index (κ2) is 5.13. The molecule has 0 saturated heterocycles. The second-order valence-corrected chi connectivity index (χ2v) is 5.29. The highest BCUT2D eigenvalue weighted by molar-refractivity contribution is 9.10. The van der Waals surface area contributed by atoms with Gasteiger partial charge in [0.2, 0.25) is 0 Å². The summed E-state index contributed by atoms with van der Waals surface area (Å²) in [7, 11) is 0. The lowest BCUT2D eigenvalue weighted by atomic mass is 9.83. The summed E-state index contributed by atoms with van der Waals surface area (Å²) >= 11 is 3.51. The van der Waals surface area contributed by atoms with Crippen LogP contribution in [0.3, 0.4) is 0 Å². The first-order valence-electron chi connectivity index (χ1n) is 5.43. The largest absolute Gasteiger partial charge is 0.390 e. The predicted octanol–water partition coefficient (Wildman–Crippen LogP) is 3.79. The van der Waals surface area contributed by atoms with Gasteiger partial charge in [-0.3, -0.25) is 0 Å². The van der Waals surface area contributed by atoms with Crippen molar-refractivity contribution >= 4 is 15.9 Å². The summed E-state index contributed by atoms with van der Waals surface area (Å²) in [6, 6.07) is 8.07. The highest BCUT2D eigenvalue weighted by atomic mass is 79.9. The molecular formula is C13H19BrO. The van der Waals surface area contributed by atoms with Crippen LogP contribution in [0.4, 0.5) is 0 Å². The summed E-state index contributed by atoms with van der Waals surface area (Å²) in [5.41, 5.74) is 0.543. The molecule has 2 unspecified atom stereocenters. The summed E-state index contributed by atoms with van der Waals surface area (Å²) in [4.78, 5) is 0. The molecule has 2 atom stereocenters. The van der Waals surface area contributed by atoms with Crippen LogP contribution in [0, 0.1) is 5.92 Å². The maximum atomic E-state index is 10.3. The van der Waals surface area contributed by atoms with E-state index < -0.39 is 5.60 Å². The summed E-state index contributed by atoms with van der Waals surface area (Å²) in [6.07, 6.45) is 1.70. The fraction of sp³-hybridized carbons (Fsp3) is 0.538. The molecule has 0 saturated carbocycles. The molecule has 0 amide bonds. The molecule has 0 aliphatic rings. The normalized spacial score (nSPS) is 17.1. The molecule has 0 radical (unpaired) electrons. The monoisotopic (exact) mass is 270 g/mol. The lowest BCUT2D eigenvalue weighted by Gasteiger charge is -2.30. The number of hydrogen-bond acceptors (Lipinski definition) is 1. The molecule has 0 heterocycles. The van der Waals surface area contributed by atoms with Crippen molar-refractivity contribution in [2.75, 3.05) is 0 Å². The van der Waals surface area contributed by atoms with Gasteiger partial charge in [-0.25, -0.2) is 0 Å². The summed E-state index contributed by atoms with van der Waals surface area (Å²) < 4.78 is 1.08. The average molecular weight is 271 g/mol. The van der Waals surface area contributed by atoms with Gasteiger partial charge in [0.1, 0.15) is 0 Å². The van der Waals surface area contributed by atoms with Gasteiger partial charge in [-0.15, -0.1) is 0 Å². The van der Waals surface area contributed by atoms with Crippen LogP contribution in [-0.2, 0) is 6.42 Å². The Kier molecular flexibility index (Phi) is 4.35. The Morgan fingerprint density at radius 2 is 2.00 bits per heavy atom. The molecule has 1 N–H and O–H groups in total. The SMILES string of the molecule is CCC(C)C(C)(O)Cc1ccccc1Br. The van der Waals surface area contributed by atoms with Crippen molar-refractivity contribution in [1.29, 1.82) is 0 Å². The van der Waals surface area contributed by atoms with Crippen LogP contribution in [-0.4, -0.2) is 10.7 Å². The maximum Gasteiger partial charge on any atom is 0.0685 e. The van der Waals surface area contributed by atoms with E-state index in [0.29, 0.717) is 12.3 Å². The molecule has 0 aliphatic heterocycles. The second-order valence-electron chi connectivity index (χ2n) is 4.43. The minimum atomic E-state index is -0.626. The zero-order valence-electron chi connectivity index (χ0n) is 9.63. The van der Waals surface area contributed by atoms with Gasteiger partial charge in [0, 0.05) is 10.9 Å². The number of hydrogen-bond donors (Lipinski definition) is 1. The van der Waals surface area contributed by atoms with Crippen molar-refractivity contribution in [2.45, 2.75) is 39.2 Å². The standard InChI is InChI=1S/C13H19BrO/c1-4-10(2)13(3,15)9-11-7-5-6-8-12(11)14/h5-8,10,15H,4,9H2,1-3H3. The zero-order chi connectivity index (χ0) is 11.5. The Balaban J connectivity index is 2.81. The van der Waals surface area contributed by atoms with E-state index in [4.69, 9.17) is 0 Å². The van der Waals surface area contributed by atoms with E-state index in [1.807, 2.05) is 25.1 Å². The van der Waals surface area contributed by atoms with Crippen LogP contribution in [0.15, 0.2) is 28.7 Å². The fourth-order valence-electron chi connectivity index (χ4n) is 1.64. The van der Waals surface area contributed by atoms with Gasteiger partial charge in [-0.2, -0.15) is 0 Å². The smallest absolute Gasteiger partial charge is 0.0685 e. The van der Waals surface area contributed by atoms with Gasteiger partial charge in [0.05, 0.1) is 5.60 Å². The average Bonchev–Trinajstić information content (AvgIpc) is 2.20. The molecular weight excluding hydrogens is 252 g/mol. The topological polar surface area (TPSA) is 20.2 Å². The van der Waals surface area contributed by atoms with Crippen molar-refractivity contribution in [3.05, 3.63) is 34.3 Å². The molecule has 1 nitrogen and oxygen atoms in total. The van der Waals surface area contributed by atoms with Crippen molar-refractivity contribution < 1.29 is 5.11 Å². The zero-order valence-corrected chi connectivity index (χ0v) is 11.2. The molecule has 0 aliphatic carbocycles. The van der Waals surface area contributed by atoms with E-state index in [-0.39, 0.29) is 0 Å². The first kappa shape index (κ1) is 12.7. The Morgan fingerprint density at radius 3 is 2.53 bits per heavy atom. The molecule has 1 aromatic carbocycles. The van der Waals surface area contributed by atoms with Crippen LogP contribution in [0.1, 0.15) is 32.8 Å². The molecule has 0 fully saturated rings. The maximum absolute atomic E-state index is 10.3. The van der Waals surface area contributed by atoms with Crippen LogP contribution in [0.5, 0.6) is 0 Å². The van der Waals surface area contributed by atoms with Crippen LogP contribution < -0.4 is 0 Å². The van der Waals surface area contributed by atoms with Crippen molar-refractivity contribution in [1.82, 2.24) is 0 Å². The highest BCUT2D eigenvalue weighted by Crippen LogP contribution is 2.27. The van der Waals surface area contributed by atoms with E-state index in [2.05, 4.69) is 35.8 Å². The van der Waals surface area contributed by atoms with Crippen LogP contribution >= 0.6 is 15.9 Å². The van der Waals surface area contributed by atoms with Gasteiger partial charge in [0.25, 0.3) is 0 Å². The number of rotatable bonds is 4. The number of aliphatic hydroxyl groups is 1. The van der Waals surface area contributed by atoms with Gasteiger partial charge in [-0.1, -0.05) is 54.4 Å². The van der Waals surface area contributed by atoms with E-state index in [0.717, 1.165) is 10.9 Å². The van der Waals surface area contributed by atoms with Gasteiger partial charge >= 0.3 is 0 Å². The van der Waals surface area contributed by atoms with Crippen molar-refractivity contribution in [3.8, 4) is 0 Å². The predicted molar refractivity (Wildman–Crippen MR) is 67.9 cm³/mol. The molecule has 2 heteroatoms. The lowest BCUT2D eigenvalue weighted by molar-refractivity contribution is 0.00503. The van der Waals surface area contributed by atoms with E-state index in [1.165, 1.54) is 5.56 Å². The highest BCUT2D eigenvalue weighted by Gasteiger charge is 2.27. The van der Waals surface area contributed by atoms with E-state index >= 15 is 0 Å². The summed E-state index contributed by atoms with van der Waals surface area (Å²) in [5.74, 6) is 0.310. The van der Waals surface area contributed by atoms with Gasteiger partial charge < -0.3 is 5.11 Å². The Morgan fingerprint density at radius 1 is 1.40 bits per heavy atom. The quantitative estimate of drug-likeness (QED) is 0.883. The molecule has 84 valence electrons. The molecule has 1 rings (SSSR count). The summed E-state index contributed by atoms with van der Waals surface area (Å²) in [6.45, 7) is 6.12. The third kappa shape index (κ3) is 3.32. The molecule has 15 heavy (non-hydrogen) atoms. The molecule has 0 bridgehead atoms. The van der Waals surface area contributed by atoms with Crippen LogP contribution in [0.2, 0.25) is 0 Å². The lowest BCUT2D eigenvalue weighted by Crippen LogP contribution is -2.35. The first-order chi connectivity index (χ1) is 6.97. The number of halogens is 1. The molecule has 0 spiro atoms. The fourth-order valence-corrected chi connectivity index (χ4v) is 2.07. The molecule has 0 aromatic heterocycles. The Bertz CT molecular complexity index is 320. The van der Waals surface area contributed by atoms with Crippen molar-refractivity contribution in [3.63, 3.8) is 0 Å². The first-order valence-corrected chi connectivity index (χ1v) is 6.22. The van der Waals surface area contributed by atoms with Gasteiger partial charge in [-0.05, 0) is 24.5 Å². The Labute approximate surface area is 101 Å². The summed E-state index contributed by atoms with van der Waals surface area (Å²) in [5, 5.41) is 10.3. The minimum absolute atomic E-state index is 0.310.